The lowest BCUT2D eigenvalue weighted by Crippen LogP contribution is -2.38. The maximum absolute atomic E-state index is 4.95. The van der Waals surface area contributed by atoms with E-state index in [1.807, 2.05) is 0 Å². The van der Waals surface area contributed by atoms with Crippen molar-refractivity contribution in [3.8, 4) is 0 Å². The number of hydrogen-bond donors (Lipinski definition) is 0. The molecule has 0 radical (unpaired) electrons. The number of allylic oxidation sites excluding steroid dienone is 6. The van der Waals surface area contributed by atoms with E-state index in [9.17, 15) is 0 Å². The van der Waals surface area contributed by atoms with Gasteiger partial charge < -0.3 is 0 Å². The molecule has 0 saturated heterocycles. The number of nitrogens with zero attached hydrogens (tertiary/aromatic N) is 1. The molecule has 1 aliphatic heterocycles. The van der Waals surface area contributed by atoms with Crippen LogP contribution in [0.15, 0.2) is 53.1 Å². The van der Waals surface area contributed by atoms with Gasteiger partial charge in [0.2, 0.25) is 0 Å². The Balaban J connectivity index is 1.97. The van der Waals surface area contributed by atoms with Crippen molar-refractivity contribution in [1.29, 1.82) is 0 Å². The summed E-state index contributed by atoms with van der Waals surface area (Å²) in [6.45, 7) is 0. The van der Waals surface area contributed by atoms with Gasteiger partial charge in [-0.2, -0.15) is 0 Å². The highest BCUT2D eigenvalue weighted by atomic mass is 14.9. The van der Waals surface area contributed by atoms with Crippen molar-refractivity contribution in [2.24, 2.45) is 16.3 Å². The fourth-order valence-corrected chi connectivity index (χ4v) is 3.73. The lowest BCUT2D eigenvalue weighted by Gasteiger charge is -2.40. The fourth-order valence-electron chi connectivity index (χ4n) is 3.73. The molecule has 4 aliphatic rings. The molecule has 16 heavy (non-hydrogen) atoms. The normalized spacial score (nSPS) is 42.5. The average molecular weight is 209 g/mol. The van der Waals surface area contributed by atoms with Crippen LogP contribution in [-0.4, -0.2) is 11.8 Å². The highest BCUT2D eigenvalue weighted by Gasteiger charge is 2.51. The minimum absolute atomic E-state index is 0.151. The minimum Gasteiger partial charge on any atom is -0.285 e. The fraction of sp³-hybridized carbons (Fsp3) is 0.400. The second kappa shape index (κ2) is 2.85. The average Bonchev–Trinajstić information content (AvgIpc) is 2.66. The second-order valence-electron chi connectivity index (χ2n) is 5.15. The van der Waals surface area contributed by atoms with Crippen LogP contribution in [0.4, 0.5) is 0 Å². The molecule has 0 bridgehead atoms. The Morgan fingerprint density at radius 2 is 2.19 bits per heavy atom. The molecule has 80 valence electrons. The van der Waals surface area contributed by atoms with Crippen molar-refractivity contribution in [2.45, 2.75) is 25.3 Å². The Kier molecular flexibility index (Phi) is 1.56. The molecular formula is C15H15N. The molecule has 3 unspecified atom stereocenters. The van der Waals surface area contributed by atoms with E-state index in [2.05, 4.69) is 42.5 Å². The van der Waals surface area contributed by atoms with Gasteiger partial charge in [0.15, 0.2) is 0 Å². The molecule has 3 aliphatic carbocycles. The molecule has 0 aromatic rings. The molecule has 0 aromatic heterocycles. The number of rotatable bonds is 0. The lowest BCUT2D eigenvalue weighted by molar-refractivity contribution is 0.420. The molecule has 1 nitrogen and oxygen atoms in total. The maximum Gasteiger partial charge on any atom is 0.0763 e. The van der Waals surface area contributed by atoms with Crippen LogP contribution in [-0.2, 0) is 0 Å². The highest BCUT2D eigenvalue weighted by molar-refractivity contribution is 5.98. The first-order chi connectivity index (χ1) is 7.90. The molecule has 0 fully saturated rings. The van der Waals surface area contributed by atoms with Gasteiger partial charge in [-0.25, -0.2) is 0 Å². The van der Waals surface area contributed by atoms with Gasteiger partial charge in [-0.1, -0.05) is 48.1 Å². The van der Waals surface area contributed by atoms with E-state index in [0.717, 1.165) is 19.3 Å². The van der Waals surface area contributed by atoms with Crippen LogP contribution in [0.2, 0.25) is 0 Å². The zero-order valence-electron chi connectivity index (χ0n) is 9.26. The minimum atomic E-state index is 0.151. The number of hydrogen-bond acceptors (Lipinski definition) is 1. The van der Waals surface area contributed by atoms with Gasteiger partial charge in [0.25, 0.3) is 0 Å². The van der Waals surface area contributed by atoms with E-state index in [4.69, 9.17) is 4.99 Å². The summed E-state index contributed by atoms with van der Waals surface area (Å²) in [6.07, 6.45) is 19.7. The highest BCUT2D eigenvalue weighted by Crippen LogP contribution is 2.53. The Labute approximate surface area is 96.0 Å². The monoisotopic (exact) mass is 209 g/mol. The van der Waals surface area contributed by atoms with Crippen LogP contribution in [0.25, 0.3) is 0 Å². The predicted octanol–water partition coefficient (Wildman–Crippen LogP) is 3.22. The standard InChI is InChI=1S/C15H15N/c1-2-9-15-10-4-6-11-5-3-7-12(14(11)15)16-13(15)8-1/h2-5,7,9-10,12,14H,1,6,8H2. The van der Waals surface area contributed by atoms with Crippen molar-refractivity contribution in [1.82, 2.24) is 0 Å². The molecular weight excluding hydrogens is 194 g/mol. The van der Waals surface area contributed by atoms with E-state index < -0.39 is 0 Å². The van der Waals surface area contributed by atoms with Gasteiger partial charge >= 0.3 is 0 Å². The van der Waals surface area contributed by atoms with Crippen molar-refractivity contribution >= 4 is 5.71 Å². The van der Waals surface area contributed by atoms with Crippen molar-refractivity contribution in [3.63, 3.8) is 0 Å². The topological polar surface area (TPSA) is 12.4 Å². The molecule has 0 N–H and O–H groups in total. The first-order valence-electron chi connectivity index (χ1n) is 6.20. The van der Waals surface area contributed by atoms with E-state index in [-0.39, 0.29) is 5.41 Å². The van der Waals surface area contributed by atoms with Gasteiger partial charge in [-0.3, -0.25) is 4.99 Å². The summed E-state index contributed by atoms with van der Waals surface area (Å²) in [5, 5.41) is 0. The van der Waals surface area contributed by atoms with Gasteiger partial charge in [-0.05, 0) is 19.3 Å². The molecule has 3 atom stereocenters. The summed E-state index contributed by atoms with van der Waals surface area (Å²) in [4.78, 5) is 4.95. The Morgan fingerprint density at radius 1 is 1.25 bits per heavy atom. The van der Waals surface area contributed by atoms with Crippen molar-refractivity contribution in [2.75, 3.05) is 0 Å². The quantitative estimate of drug-likeness (QED) is 0.543. The van der Waals surface area contributed by atoms with Crippen LogP contribution >= 0.6 is 0 Å². The third kappa shape index (κ3) is 0.897. The smallest absolute Gasteiger partial charge is 0.0763 e. The first-order valence-corrected chi connectivity index (χ1v) is 6.20. The Bertz CT molecular complexity index is 490. The van der Waals surface area contributed by atoms with Gasteiger partial charge in [0.1, 0.15) is 0 Å². The van der Waals surface area contributed by atoms with E-state index in [1.54, 1.807) is 5.57 Å². The third-order valence-electron chi connectivity index (χ3n) is 4.37. The van der Waals surface area contributed by atoms with Gasteiger partial charge in [-0.15, -0.1) is 0 Å². The summed E-state index contributed by atoms with van der Waals surface area (Å²) >= 11 is 0. The Morgan fingerprint density at radius 3 is 3.19 bits per heavy atom. The molecule has 0 saturated carbocycles. The first kappa shape index (κ1) is 8.74. The zero-order valence-corrected chi connectivity index (χ0v) is 9.26. The van der Waals surface area contributed by atoms with E-state index >= 15 is 0 Å². The zero-order chi connectivity index (χ0) is 10.6. The van der Waals surface area contributed by atoms with E-state index in [0.29, 0.717) is 12.0 Å². The van der Waals surface area contributed by atoms with Crippen LogP contribution in [0.3, 0.4) is 0 Å². The summed E-state index contributed by atoms with van der Waals surface area (Å²) in [7, 11) is 0. The molecule has 4 rings (SSSR count). The largest absolute Gasteiger partial charge is 0.285 e. The summed E-state index contributed by atoms with van der Waals surface area (Å²) in [6, 6.07) is 0.405. The van der Waals surface area contributed by atoms with Crippen LogP contribution in [0, 0.1) is 11.3 Å². The number of aliphatic imine (C=N–C) groups is 1. The van der Waals surface area contributed by atoms with Crippen LogP contribution in [0.5, 0.6) is 0 Å². The lowest BCUT2D eigenvalue weighted by atomic mass is 9.61. The van der Waals surface area contributed by atoms with Gasteiger partial charge in [0, 0.05) is 11.6 Å². The summed E-state index contributed by atoms with van der Waals surface area (Å²) in [5.41, 5.74) is 3.14. The molecule has 0 aromatic carbocycles. The van der Waals surface area contributed by atoms with Crippen LogP contribution < -0.4 is 0 Å². The Hall–Kier alpha value is -1.37. The van der Waals surface area contributed by atoms with Crippen LogP contribution in [0.1, 0.15) is 19.3 Å². The van der Waals surface area contributed by atoms with E-state index in [1.165, 1.54) is 5.71 Å². The SMILES string of the molecule is C1=CC2N=C3CCC=CC34C=CCC(=C1)C24. The summed E-state index contributed by atoms with van der Waals surface area (Å²) in [5.74, 6) is 0.592. The molecule has 1 heterocycles. The molecule has 1 spiro atoms. The molecule has 1 heteroatoms. The van der Waals surface area contributed by atoms with Gasteiger partial charge in [0.05, 0.1) is 11.5 Å². The van der Waals surface area contributed by atoms with Crippen molar-refractivity contribution < 1.29 is 0 Å². The summed E-state index contributed by atoms with van der Waals surface area (Å²) < 4.78 is 0. The molecule has 0 amide bonds. The predicted molar refractivity (Wildman–Crippen MR) is 66.5 cm³/mol. The second-order valence-corrected chi connectivity index (χ2v) is 5.15. The van der Waals surface area contributed by atoms with Crippen molar-refractivity contribution in [3.05, 3.63) is 48.1 Å². The third-order valence-corrected chi connectivity index (χ3v) is 4.37. The maximum atomic E-state index is 4.95.